The third-order valence-electron chi connectivity index (χ3n) is 8.30. The molecule has 9 nitrogen and oxygen atoms in total. The van der Waals surface area contributed by atoms with E-state index in [0.717, 1.165) is 16.5 Å². The number of aromatic nitrogens is 3. The smallest absolute Gasteiger partial charge is 0.262 e. The number of sulfonamides is 1. The topological polar surface area (TPSA) is 104 Å². The predicted molar refractivity (Wildman–Crippen MR) is 144 cm³/mol. The van der Waals surface area contributed by atoms with E-state index in [2.05, 4.69) is 14.9 Å². The van der Waals surface area contributed by atoms with Crippen molar-refractivity contribution in [3.8, 4) is 5.75 Å². The van der Waals surface area contributed by atoms with Crippen LogP contribution < -0.4 is 4.74 Å². The number of nitrogens with one attached hydrogen (secondary N) is 1. The molecule has 2 N–H and O–H groups in total. The van der Waals surface area contributed by atoms with Crippen LogP contribution in [0.3, 0.4) is 0 Å². The molecular weight excluding hydrogens is 521 g/mol. The summed E-state index contributed by atoms with van der Waals surface area (Å²) in [5, 5.41) is 11.5. The van der Waals surface area contributed by atoms with Crippen LogP contribution >= 0.6 is 0 Å². The number of halogens is 1. The number of likely N-dealkylation sites (tertiary alicyclic amines) is 1. The van der Waals surface area contributed by atoms with Crippen molar-refractivity contribution in [2.75, 3.05) is 33.4 Å². The van der Waals surface area contributed by atoms with Gasteiger partial charge in [-0.25, -0.2) is 17.8 Å². The first kappa shape index (κ1) is 26.0. The Kier molecular flexibility index (Phi) is 6.49. The lowest BCUT2D eigenvalue weighted by Gasteiger charge is -2.49. The number of methoxy groups -OCH3 is 1. The number of ether oxygens (including phenoxy) is 1. The molecule has 4 heterocycles. The van der Waals surface area contributed by atoms with E-state index >= 15 is 0 Å². The summed E-state index contributed by atoms with van der Waals surface area (Å²) < 4.78 is 50.7. The average Bonchev–Trinajstić information content (AvgIpc) is 3.55. The first-order valence-corrected chi connectivity index (χ1v) is 14.5. The van der Waals surface area contributed by atoms with E-state index in [9.17, 15) is 17.9 Å². The minimum absolute atomic E-state index is 0.0446. The molecule has 2 aromatic heterocycles. The van der Waals surface area contributed by atoms with Gasteiger partial charge in [0.25, 0.3) is 10.0 Å². The van der Waals surface area contributed by atoms with Crippen LogP contribution in [0.4, 0.5) is 4.39 Å². The van der Waals surface area contributed by atoms with Crippen LogP contribution in [-0.4, -0.2) is 70.6 Å². The Morgan fingerprint density at radius 3 is 2.64 bits per heavy atom. The molecule has 1 saturated heterocycles. The van der Waals surface area contributed by atoms with Crippen LogP contribution in [-0.2, 0) is 29.0 Å². The Bertz CT molecular complexity index is 1620. The van der Waals surface area contributed by atoms with Gasteiger partial charge in [0.2, 0.25) is 0 Å². The van der Waals surface area contributed by atoms with Crippen LogP contribution in [0.5, 0.6) is 5.75 Å². The second-order valence-corrected chi connectivity index (χ2v) is 12.4. The van der Waals surface area contributed by atoms with Gasteiger partial charge in [0.15, 0.2) is 5.03 Å². The molecule has 0 aliphatic carbocycles. The summed E-state index contributed by atoms with van der Waals surface area (Å²) in [6.45, 7) is 1.70. The number of benzene rings is 2. The van der Waals surface area contributed by atoms with E-state index in [4.69, 9.17) is 4.74 Å². The number of imidazole rings is 1. The lowest BCUT2D eigenvalue weighted by atomic mass is 9.69. The van der Waals surface area contributed by atoms with E-state index in [1.807, 2.05) is 24.3 Å². The number of fused-ring (bicyclic) bond motifs is 4. The van der Waals surface area contributed by atoms with Gasteiger partial charge in [0.05, 0.1) is 26.1 Å². The van der Waals surface area contributed by atoms with Gasteiger partial charge in [-0.05, 0) is 49.7 Å². The van der Waals surface area contributed by atoms with Gasteiger partial charge >= 0.3 is 0 Å². The fourth-order valence-corrected chi connectivity index (χ4v) is 7.91. The zero-order chi connectivity index (χ0) is 27.4. The fourth-order valence-electron chi connectivity index (χ4n) is 6.27. The molecule has 2 aliphatic rings. The highest BCUT2D eigenvalue weighted by Crippen LogP contribution is 2.50. The van der Waals surface area contributed by atoms with Crippen LogP contribution in [0, 0.1) is 5.82 Å². The number of aryl methyl sites for hydroxylation is 1. The summed E-state index contributed by atoms with van der Waals surface area (Å²) in [5.74, 6) is 0.468. The van der Waals surface area contributed by atoms with Crippen LogP contribution in [0.25, 0.3) is 10.9 Å². The zero-order valence-electron chi connectivity index (χ0n) is 22.0. The van der Waals surface area contributed by atoms with E-state index in [1.165, 1.54) is 22.9 Å². The van der Waals surface area contributed by atoms with Crippen LogP contribution in [0.1, 0.15) is 35.7 Å². The molecule has 39 heavy (non-hydrogen) atoms. The van der Waals surface area contributed by atoms with Gasteiger partial charge in [-0.1, -0.05) is 18.2 Å². The molecule has 206 valence electrons. The number of rotatable bonds is 6. The molecule has 0 amide bonds. The Labute approximate surface area is 226 Å². The minimum atomic E-state index is -4.00. The van der Waals surface area contributed by atoms with Crippen molar-refractivity contribution >= 4 is 20.9 Å². The molecule has 0 radical (unpaired) electrons. The highest BCUT2D eigenvalue weighted by Gasteiger charge is 2.51. The number of aromatic amines is 1. The molecule has 0 bridgehead atoms. The summed E-state index contributed by atoms with van der Waals surface area (Å²) in [5.41, 5.74) is 2.74. The second kappa shape index (κ2) is 9.74. The van der Waals surface area contributed by atoms with E-state index in [1.54, 1.807) is 30.9 Å². The second-order valence-electron chi connectivity index (χ2n) is 10.6. The van der Waals surface area contributed by atoms with E-state index in [0.29, 0.717) is 49.5 Å². The number of aliphatic hydroxyl groups is 1. The molecule has 0 saturated carbocycles. The van der Waals surface area contributed by atoms with Crippen molar-refractivity contribution in [3.63, 3.8) is 0 Å². The van der Waals surface area contributed by atoms with Crippen molar-refractivity contribution in [2.45, 2.75) is 35.9 Å². The summed E-state index contributed by atoms with van der Waals surface area (Å²) in [4.78, 5) is 9.80. The molecule has 1 spiro atoms. The maximum Gasteiger partial charge on any atom is 0.262 e. The number of H-pyrrole nitrogens is 1. The van der Waals surface area contributed by atoms with Crippen LogP contribution in [0.2, 0.25) is 0 Å². The van der Waals surface area contributed by atoms with Crippen molar-refractivity contribution in [1.29, 1.82) is 0 Å². The standard InChI is InChI=1S/C28H32FN5O4S/c1-32-15-25(30-18-32)39(36,37)34-17-28(9-11-33(12-10-28)14-19-5-3-4-6-22(19)29)26-21-8-7-20(38-2)13-23(21)31-27(26)24(34)16-35/h3-8,13,15,18,24,31,35H,9-12,14,16-17H2,1-2H3/t24-/m1/s1. The summed E-state index contributed by atoms with van der Waals surface area (Å²) in [6.07, 6.45) is 4.31. The van der Waals surface area contributed by atoms with E-state index in [-0.39, 0.29) is 24.0 Å². The monoisotopic (exact) mass is 553 g/mol. The van der Waals surface area contributed by atoms with Gasteiger partial charge < -0.3 is 19.4 Å². The van der Waals surface area contributed by atoms with Gasteiger partial charge in [-0.3, -0.25) is 4.90 Å². The maximum absolute atomic E-state index is 14.4. The molecule has 6 rings (SSSR count). The molecule has 2 aliphatic heterocycles. The average molecular weight is 554 g/mol. The van der Waals surface area contributed by atoms with Gasteiger partial charge in [-0.2, -0.15) is 4.31 Å². The van der Waals surface area contributed by atoms with E-state index < -0.39 is 21.5 Å². The summed E-state index contributed by atoms with van der Waals surface area (Å²) in [7, 11) is -0.675. The highest BCUT2D eigenvalue weighted by molar-refractivity contribution is 7.89. The Morgan fingerprint density at radius 1 is 1.21 bits per heavy atom. The van der Waals surface area contributed by atoms with Crippen molar-refractivity contribution in [1.82, 2.24) is 23.7 Å². The maximum atomic E-state index is 14.4. The van der Waals surface area contributed by atoms with Crippen LogP contribution in [0.15, 0.2) is 60.0 Å². The number of hydrogen-bond donors (Lipinski definition) is 2. The fraction of sp³-hybridized carbons (Fsp3) is 0.393. The quantitative estimate of drug-likeness (QED) is 0.380. The van der Waals surface area contributed by atoms with Crippen molar-refractivity contribution < 1.29 is 22.7 Å². The third-order valence-corrected chi connectivity index (χ3v) is 10.0. The predicted octanol–water partition coefficient (Wildman–Crippen LogP) is 3.32. The molecule has 2 aromatic carbocycles. The zero-order valence-corrected chi connectivity index (χ0v) is 22.8. The largest absolute Gasteiger partial charge is 0.497 e. The van der Waals surface area contributed by atoms with Gasteiger partial charge in [0, 0.05) is 60.0 Å². The molecule has 11 heteroatoms. The summed E-state index contributed by atoms with van der Waals surface area (Å²) in [6, 6.07) is 11.8. The Hall–Kier alpha value is -3.25. The molecule has 4 aromatic rings. The highest BCUT2D eigenvalue weighted by atomic mass is 32.2. The number of piperidine rings is 1. The van der Waals surface area contributed by atoms with Gasteiger partial charge in [0.1, 0.15) is 11.6 Å². The first-order chi connectivity index (χ1) is 18.8. The van der Waals surface area contributed by atoms with Gasteiger partial charge in [-0.15, -0.1) is 0 Å². The molecule has 1 atom stereocenters. The van der Waals surface area contributed by atoms with Crippen molar-refractivity contribution in [3.05, 3.63) is 77.6 Å². The lowest BCUT2D eigenvalue weighted by Crippen LogP contribution is -2.55. The summed E-state index contributed by atoms with van der Waals surface area (Å²) >= 11 is 0. The number of hydrogen-bond acceptors (Lipinski definition) is 6. The Balaban J connectivity index is 1.43. The first-order valence-electron chi connectivity index (χ1n) is 13.0. The van der Waals surface area contributed by atoms with Crippen molar-refractivity contribution in [2.24, 2.45) is 7.05 Å². The molecule has 1 fully saturated rings. The molecular formula is C28H32FN5O4S. The SMILES string of the molecule is COc1ccc2c3c([nH]c2c1)[C@@H](CO)N(S(=O)(=O)c1cn(C)cn1)CC31CCN(Cc2ccccc2F)CC1. The normalized spacial score (nSPS) is 19.9. The minimum Gasteiger partial charge on any atom is -0.497 e. The third kappa shape index (κ3) is 4.33. The lowest BCUT2D eigenvalue weighted by molar-refractivity contribution is 0.0926. The Morgan fingerprint density at radius 2 is 1.97 bits per heavy atom. The number of aliphatic hydroxyl groups excluding tert-OH is 1. The number of nitrogens with zero attached hydrogens (tertiary/aromatic N) is 4. The molecule has 0 unspecified atom stereocenters.